The van der Waals surface area contributed by atoms with E-state index in [0.717, 1.165) is 46.8 Å². The van der Waals surface area contributed by atoms with E-state index >= 15 is 0 Å². The molecule has 0 atom stereocenters. The van der Waals surface area contributed by atoms with Gasteiger partial charge in [0.05, 0.1) is 22.3 Å². The van der Waals surface area contributed by atoms with Crippen molar-refractivity contribution in [1.29, 1.82) is 0 Å². The number of nitrogens with one attached hydrogen (secondary N) is 2. The Hall–Kier alpha value is -3.45. The predicted octanol–water partition coefficient (Wildman–Crippen LogP) is 5.67. The zero-order valence-electron chi connectivity index (χ0n) is 19.8. The maximum atomic E-state index is 12.4. The smallest absolute Gasteiger partial charge is 0.251 e. The molecule has 0 radical (unpaired) electrons. The molecule has 180 valence electrons. The molecule has 0 spiro atoms. The molecular formula is C27H29ClN6O. The second-order valence-corrected chi connectivity index (χ2v) is 9.47. The highest BCUT2D eigenvalue weighted by atomic mass is 35.5. The van der Waals surface area contributed by atoms with E-state index in [-0.39, 0.29) is 5.91 Å². The number of para-hydroxylation sites is 1. The van der Waals surface area contributed by atoms with Crippen LogP contribution in [-0.4, -0.2) is 38.7 Å². The van der Waals surface area contributed by atoms with Gasteiger partial charge in [0.15, 0.2) is 5.65 Å². The molecule has 35 heavy (non-hydrogen) atoms. The van der Waals surface area contributed by atoms with Gasteiger partial charge in [-0.05, 0) is 44.0 Å². The highest BCUT2D eigenvalue weighted by molar-refractivity contribution is 6.32. The number of halogens is 1. The van der Waals surface area contributed by atoms with Gasteiger partial charge < -0.3 is 10.6 Å². The summed E-state index contributed by atoms with van der Waals surface area (Å²) >= 11 is 6.48. The van der Waals surface area contributed by atoms with E-state index in [1.165, 1.54) is 19.3 Å². The van der Waals surface area contributed by atoms with Crippen molar-refractivity contribution in [3.63, 3.8) is 0 Å². The summed E-state index contributed by atoms with van der Waals surface area (Å²) in [6.07, 6.45) is 7.63. The highest BCUT2D eigenvalue weighted by Gasteiger charge is 2.22. The average Bonchev–Trinajstić information content (AvgIpc) is 3.31. The minimum absolute atomic E-state index is 0.0888. The third kappa shape index (κ3) is 5.15. The van der Waals surface area contributed by atoms with Gasteiger partial charge in [-0.1, -0.05) is 60.7 Å². The molecule has 1 fully saturated rings. The minimum Gasteiger partial charge on any atom is -0.368 e. The van der Waals surface area contributed by atoms with Gasteiger partial charge in [-0.25, -0.2) is 14.6 Å². The Balaban J connectivity index is 1.38. The van der Waals surface area contributed by atoms with Crippen LogP contribution in [0.1, 0.15) is 59.8 Å². The lowest BCUT2D eigenvalue weighted by atomic mass is 9.88. The first-order valence-corrected chi connectivity index (χ1v) is 12.6. The summed E-state index contributed by atoms with van der Waals surface area (Å²) < 4.78 is 1.79. The lowest BCUT2D eigenvalue weighted by Gasteiger charge is -2.21. The molecule has 4 aromatic rings. The molecule has 5 rings (SSSR count). The number of aromatic nitrogens is 4. The van der Waals surface area contributed by atoms with Crippen molar-refractivity contribution < 1.29 is 4.79 Å². The second kappa shape index (κ2) is 10.4. The summed E-state index contributed by atoms with van der Waals surface area (Å²) in [6.45, 7) is 3.00. The number of aryl methyl sites for hydroxylation is 1. The van der Waals surface area contributed by atoms with E-state index in [0.29, 0.717) is 29.6 Å². The first-order chi connectivity index (χ1) is 17.1. The van der Waals surface area contributed by atoms with Crippen molar-refractivity contribution >= 4 is 34.4 Å². The van der Waals surface area contributed by atoms with E-state index in [1.54, 1.807) is 10.9 Å². The molecule has 1 aliphatic carbocycles. The molecule has 0 unspecified atom stereocenters. The van der Waals surface area contributed by atoms with Crippen LogP contribution in [-0.2, 0) is 0 Å². The molecule has 0 bridgehead atoms. The Labute approximate surface area is 209 Å². The second-order valence-electron chi connectivity index (χ2n) is 9.06. The fourth-order valence-electron chi connectivity index (χ4n) is 4.57. The van der Waals surface area contributed by atoms with Crippen LogP contribution in [0.3, 0.4) is 0 Å². The van der Waals surface area contributed by atoms with E-state index in [4.69, 9.17) is 21.6 Å². The molecule has 1 aliphatic rings. The van der Waals surface area contributed by atoms with Gasteiger partial charge >= 0.3 is 0 Å². The minimum atomic E-state index is -0.0888. The molecule has 2 heterocycles. The van der Waals surface area contributed by atoms with Gasteiger partial charge in [0.2, 0.25) is 0 Å². The normalized spacial score (nSPS) is 14.2. The molecule has 8 heteroatoms. The predicted molar refractivity (Wildman–Crippen MR) is 139 cm³/mol. The van der Waals surface area contributed by atoms with Gasteiger partial charge in [0, 0.05) is 24.6 Å². The Bertz CT molecular complexity index is 1330. The topological polar surface area (TPSA) is 84.7 Å². The number of carbonyl (C=O) groups excluding carboxylic acids is 1. The molecule has 7 nitrogen and oxygen atoms in total. The van der Waals surface area contributed by atoms with Crippen molar-refractivity contribution in [2.45, 2.75) is 44.9 Å². The number of rotatable bonds is 7. The van der Waals surface area contributed by atoms with Crippen LogP contribution in [0.4, 0.5) is 5.82 Å². The van der Waals surface area contributed by atoms with Crippen LogP contribution < -0.4 is 10.6 Å². The molecule has 0 saturated heterocycles. The van der Waals surface area contributed by atoms with Gasteiger partial charge in [0.1, 0.15) is 11.6 Å². The van der Waals surface area contributed by atoms with Crippen molar-refractivity contribution in [3.8, 4) is 5.69 Å². The summed E-state index contributed by atoms with van der Waals surface area (Å²) in [4.78, 5) is 22.3. The maximum Gasteiger partial charge on any atom is 0.251 e. The Morgan fingerprint density at radius 2 is 1.80 bits per heavy atom. The number of hydrogen-bond donors (Lipinski definition) is 2. The van der Waals surface area contributed by atoms with Crippen molar-refractivity contribution in [2.75, 3.05) is 18.4 Å². The highest BCUT2D eigenvalue weighted by Crippen LogP contribution is 2.33. The van der Waals surface area contributed by atoms with Gasteiger partial charge in [0.25, 0.3) is 5.91 Å². The Kier molecular flexibility index (Phi) is 6.95. The van der Waals surface area contributed by atoms with Crippen LogP contribution in [0.5, 0.6) is 0 Å². The summed E-state index contributed by atoms with van der Waals surface area (Å²) in [6, 6.07) is 15.2. The number of fused-ring (bicyclic) bond motifs is 1. The largest absolute Gasteiger partial charge is 0.368 e. The van der Waals surface area contributed by atoms with E-state index in [9.17, 15) is 4.79 Å². The number of nitrogens with zero attached hydrogens (tertiary/aromatic N) is 4. The summed E-state index contributed by atoms with van der Waals surface area (Å²) in [5, 5.41) is 12.4. The molecular weight excluding hydrogens is 460 g/mol. The zero-order chi connectivity index (χ0) is 24.2. The maximum absolute atomic E-state index is 12.4. The zero-order valence-corrected chi connectivity index (χ0v) is 20.6. The Morgan fingerprint density at radius 3 is 2.57 bits per heavy atom. The van der Waals surface area contributed by atoms with E-state index < -0.39 is 0 Å². The fraction of sp³-hybridized carbons (Fsp3) is 0.333. The summed E-state index contributed by atoms with van der Waals surface area (Å²) in [5.41, 5.74) is 3.30. The third-order valence-electron chi connectivity index (χ3n) is 6.51. The molecule has 1 saturated carbocycles. The third-order valence-corrected chi connectivity index (χ3v) is 6.83. The number of carbonyl (C=O) groups is 1. The first-order valence-electron chi connectivity index (χ1n) is 12.2. The SMILES string of the molecule is Cc1ccc(C(=O)NCCNc2nc(C3CCCCC3)nc3c2cnn3-c2ccccc2Cl)cc1. The van der Waals surface area contributed by atoms with Gasteiger partial charge in [-0.3, -0.25) is 4.79 Å². The first kappa shape index (κ1) is 23.3. The van der Waals surface area contributed by atoms with Crippen LogP contribution in [0.25, 0.3) is 16.7 Å². The fourth-order valence-corrected chi connectivity index (χ4v) is 4.78. The van der Waals surface area contributed by atoms with E-state index in [1.807, 2.05) is 55.5 Å². The number of hydrogen-bond acceptors (Lipinski definition) is 5. The van der Waals surface area contributed by atoms with E-state index in [2.05, 4.69) is 15.7 Å². The summed E-state index contributed by atoms with van der Waals surface area (Å²) in [7, 11) is 0. The van der Waals surface area contributed by atoms with Crippen molar-refractivity contribution in [3.05, 3.63) is 76.7 Å². The molecule has 2 N–H and O–H groups in total. The monoisotopic (exact) mass is 488 g/mol. The quantitative estimate of drug-likeness (QED) is 0.327. The standard InChI is InChI=1S/C27H29ClN6O/c1-18-11-13-20(14-12-18)27(35)30-16-15-29-25-21-17-31-34(23-10-6-5-9-22(23)28)26(21)33-24(32-25)19-7-3-2-4-8-19/h5-6,9-14,17,19H,2-4,7-8,15-16H2,1H3,(H,30,35)(H,29,32,33). The lowest BCUT2D eigenvalue weighted by molar-refractivity contribution is 0.0955. The molecule has 2 aromatic carbocycles. The van der Waals surface area contributed by atoms with Gasteiger partial charge in [-0.2, -0.15) is 5.10 Å². The molecule has 0 aliphatic heterocycles. The van der Waals surface area contributed by atoms with Crippen LogP contribution in [0, 0.1) is 6.92 Å². The summed E-state index contributed by atoms with van der Waals surface area (Å²) in [5.74, 6) is 1.83. The molecule has 2 aromatic heterocycles. The number of amides is 1. The van der Waals surface area contributed by atoms with Crippen LogP contribution in [0.2, 0.25) is 5.02 Å². The van der Waals surface area contributed by atoms with Gasteiger partial charge in [-0.15, -0.1) is 0 Å². The molecule has 1 amide bonds. The average molecular weight is 489 g/mol. The van der Waals surface area contributed by atoms with Crippen molar-refractivity contribution in [1.82, 2.24) is 25.1 Å². The van der Waals surface area contributed by atoms with Crippen LogP contribution in [0.15, 0.2) is 54.7 Å². The van der Waals surface area contributed by atoms with Crippen LogP contribution >= 0.6 is 11.6 Å². The lowest BCUT2D eigenvalue weighted by Crippen LogP contribution is -2.29. The number of benzene rings is 2. The Morgan fingerprint density at radius 1 is 1.03 bits per heavy atom. The number of anilines is 1. The van der Waals surface area contributed by atoms with Crippen molar-refractivity contribution in [2.24, 2.45) is 0 Å².